The Morgan fingerprint density at radius 2 is 1.54 bits per heavy atom. The number of nitrogen functional groups attached to an aromatic ring is 1. The number of rotatable bonds is 4. The number of fused-ring (bicyclic) bond motifs is 1. The van der Waals surface area contributed by atoms with Crippen molar-refractivity contribution in [3.05, 3.63) is 46.9 Å². The summed E-state index contributed by atoms with van der Waals surface area (Å²) in [5.41, 5.74) is 8.10. The number of hydrogen-bond donors (Lipinski definition) is 1. The van der Waals surface area contributed by atoms with Crippen molar-refractivity contribution in [2.75, 3.05) is 5.73 Å². The van der Waals surface area contributed by atoms with Crippen molar-refractivity contribution in [3.8, 4) is 17.2 Å². The van der Waals surface area contributed by atoms with E-state index in [0.717, 1.165) is 16.8 Å². The lowest BCUT2D eigenvalue weighted by Gasteiger charge is -2.36. The van der Waals surface area contributed by atoms with Crippen molar-refractivity contribution in [1.82, 2.24) is 9.13 Å². The normalized spacial score (nSPS) is 12.4. The average Bonchev–Trinajstić information content (AvgIpc) is 2.79. The summed E-state index contributed by atoms with van der Waals surface area (Å²) in [7, 11) is 1.52. The number of anilines is 1. The molecule has 0 atom stereocenters. The van der Waals surface area contributed by atoms with Gasteiger partial charge in [-0.05, 0) is 36.3 Å². The summed E-state index contributed by atoms with van der Waals surface area (Å²) >= 11 is 0. The summed E-state index contributed by atoms with van der Waals surface area (Å²) in [5, 5.41) is 0.109. The van der Waals surface area contributed by atoms with Gasteiger partial charge in [0.15, 0.2) is 5.75 Å². The predicted molar refractivity (Wildman–Crippen MR) is 117 cm³/mol. The Morgan fingerprint density at radius 1 is 0.964 bits per heavy atom. The van der Waals surface area contributed by atoms with Gasteiger partial charge in [0.05, 0.1) is 16.7 Å². The molecule has 0 radical (unpaired) electrons. The molecular formula is C21H29N3O3Si. The first-order valence-corrected chi connectivity index (χ1v) is 12.2. The molecule has 28 heavy (non-hydrogen) atoms. The lowest BCUT2D eigenvalue weighted by atomic mass is 10.2. The topological polar surface area (TPSA) is 71.4 Å². The van der Waals surface area contributed by atoms with Crippen molar-refractivity contribution in [2.45, 2.75) is 38.9 Å². The minimum Gasteiger partial charge on any atom is -0.543 e. The molecule has 0 unspecified atom stereocenters. The number of ether oxygens (including phenoxy) is 1. The minimum atomic E-state index is -1.94. The van der Waals surface area contributed by atoms with E-state index in [4.69, 9.17) is 14.9 Å². The van der Waals surface area contributed by atoms with Gasteiger partial charge in [-0.25, -0.2) is 4.79 Å². The van der Waals surface area contributed by atoms with Crippen LogP contribution in [0.3, 0.4) is 0 Å². The number of aromatic nitrogens is 2. The summed E-state index contributed by atoms with van der Waals surface area (Å²) in [6, 6.07) is 11.2. The van der Waals surface area contributed by atoms with Gasteiger partial charge in [-0.2, -0.15) is 0 Å². The molecule has 6 nitrogen and oxygen atoms in total. The summed E-state index contributed by atoms with van der Waals surface area (Å²) in [5.74, 6) is 1.94. The van der Waals surface area contributed by atoms with Crippen molar-refractivity contribution >= 4 is 25.0 Å². The van der Waals surface area contributed by atoms with Crippen LogP contribution in [0.25, 0.3) is 11.0 Å². The number of aryl methyl sites for hydroxylation is 2. The second kappa shape index (κ2) is 6.74. The molecule has 0 spiro atoms. The summed E-state index contributed by atoms with van der Waals surface area (Å²) in [4.78, 5) is 12.2. The fourth-order valence-corrected chi connectivity index (χ4v) is 3.83. The van der Waals surface area contributed by atoms with Gasteiger partial charge >= 0.3 is 5.69 Å². The van der Waals surface area contributed by atoms with E-state index >= 15 is 0 Å². The van der Waals surface area contributed by atoms with Crippen LogP contribution in [-0.2, 0) is 14.1 Å². The zero-order valence-corrected chi connectivity index (χ0v) is 18.7. The molecule has 7 heteroatoms. The fraction of sp³-hybridized carbons (Fsp3) is 0.381. The van der Waals surface area contributed by atoms with Crippen LogP contribution in [0.1, 0.15) is 20.8 Å². The quantitative estimate of drug-likeness (QED) is 0.513. The van der Waals surface area contributed by atoms with Crippen LogP contribution in [0.15, 0.2) is 41.2 Å². The zero-order valence-electron chi connectivity index (χ0n) is 17.7. The summed E-state index contributed by atoms with van der Waals surface area (Å²) in [6.07, 6.45) is 0. The van der Waals surface area contributed by atoms with Crippen LogP contribution in [0, 0.1) is 0 Å². The van der Waals surface area contributed by atoms with E-state index in [0.29, 0.717) is 17.2 Å². The maximum Gasteiger partial charge on any atom is 0.328 e. The van der Waals surface area contributed by atoms with Gasteiger partial charge in [0.1, 0.15) is 11.5 Å². The molecular weight excluding hydrogens is 370 g/mol. The Labute approximate surface area is 166 Å². The third-order valence-corrected chi connectivity index (χ3v) is 9.97. The molecule has 0 amide bonds. The molecule has 0 fully saturated rings. The van der Waals surface area contributed by atoms with Crippen LogP contribution in [0.4, 0.5) is 5.69 Å². The molecule has 0 saturated carbocycles. The van der Waals surface area contributed by atoms with Crippen LogP contribution in [-0.4, -0.2) is 17.5 Å². The fourth-order valence-electron chi connectivity index (χ4n) is 2.81. The van der Waals surface area contributed by atoms with Crippen molar-refractivity contribution < 1.29 is 9.16 Å². The highest BCUT2D eigenvalue weighted by atomic mass is 28.4. The highest BCUT2D eigenvalue weighted by molar-refractivity contribution is 6.74. The van der Waals surface area contributed by atoms with E-state index in [1.807, 2.05) is 24.3 Å². The first-order chi connectivity index (χ1) is 12.9. The van der Waals surface area contributed by atoms with E-state index in [9.17, 15) is 4.79 Å². The SMILES string of the molecule is Cn1c(=O)n(C)c2cc(Oc3cccc(O[Si](C)(C)C(C)(C)C)c3)c(N)cc21. The Bertz CT molecular complexity index is 1090. The second-order valence-corrected chi connectivity index (χ2v) is 13.4. The van der Waals surface area contributed by atoms with Crippen molar-refractivity contribution in [1.29, 1.82) is 0 Å². The largest absolute Gasteiger partial charge is 0.543 e. The zero-order chi connectivity index (χ0) is 20.9. The molecule has 2 aromatic carbocycles. The first-order valence-electron chi connectivity index (χ1n) is 9.32. The Morgan fingerprint density at radius 3 is 2.14 bits per heavy atom. The predicted octanol–water partition coefficient (Wildman–Crippen LogP) is 4.64. The van der Waals surface area contributed by atoms with E-state index in [-0.39, 0.29) is 10.7 Å². The maximum absolute atomic E-state index is 12.2. The standard InChI is InChI=1S/C21H29N3O3Si/c1-21(2,3)28(6,7)27-15-10-8-9-14(11-15)26-19-13-18-17(12-16(19)22)23(4)20(25)24(18)5/h8-13H,22H2,1-7H3. The third kappa shape index (κ3) is 3.54. The molecule has 0 aliphatic heterocycles. The number of nitrogens with two attached hydrogens (primary N) is 1. The molecule has 0 saturated heterocycles. The van der Waals surface area contributed by atoms with Gasteiger partial charge in [0.2, 0.25) is 8.32 Å². The number of nitrogens with zero attached hydrogens (tertiary/aromatic N) is 2. The smallest absolute Gasteiger partial charge is 0.328 e. The highest BCUT2D eigenvalue weighted by Gasteiger charge is 2.39. The number of hydrogen-bond acceptors (Lipinski definition) is 4. The molecule has 0 aliphatic carbocycles. The van der Waals surface area contributed by atoms with Gasteiger partial charge in [-0.3, -0.25) is 9.13 Å². The molecule has 0 aliphatic rings. The minimum absolute atomic E-state index is 0.101. The Balaban J connectivity index is 1.94. The van der Waals surface area contributed by atoms with Gasteiger partial charge in [-0.1, -0.05) is 26.8 Å². The molecule has 1 aromatic heterocycles. The monoisotopic (exact) mass is 399 g/mol. The van der Waals surface area contributed by atoms with Crippen molar-refractivity contribution in [3.63, 3.8) is 0 Å². The molecule has 1 heterocycles. The lowest BCUT2D eigenvalue weighted by molar-refractivity contribution is 0.468. The van der Waals surface area contributed by atoms with E-state index in [2.05, 4.69) is 33.9 Å². The van der Waals surface area contributed by atoms with E-state index in [1.165, 1.54) is 0 Å². The van der Waals surface area contributed by atoms with Gasteiger partial charge in [-0.15, -0.1) is 0 Å². The number of imidazole rings is 1. The summed E-state index contributed by atoms with van der Waals surface area (Å²) in [6.45, 7) is 11.0. The highest BCUT2D eigenvalue weighted by Crippen LogP contribution is 2.38. The Hall–Kier alpha value is -2.67. The van der Waals surface area contributed by atoms with Crippen LogP contribution in [0.5, 0.6) is 17.2 Å². The van der Waals surface area contributed by atoms with Crippen LogP contribution < -0.4 is 20.6 Å². The van der Waals surface area contributed by atoms with Crippen LogP contribution >= 0.6 is 0 Å². The summed E-state index contributed by atoms with van der Waals surface area (Å²) < 4.78 is 15.6. The molecule has 3 rings (SSSR count). The Kier molecular flexibility index (Phi) is 4.83. The number of benzene rings is 2. The maximum atomic E-state index is 12.2. The van der Waals surface area contributed by atoms with Crippen molar-refractivity contribution in [2.24, 2.45) is 14.1 Å². The third-order valence-electron chi connectivity index (χ3n) is 5.62. The first kappa shape index (κ1) is 20.1. The molecule has 2 N–H and O–H groups in total. The van der Waals surface area contributed by atoms with Crippen LogP contribution in [0.2, 0.25) is 18.1 Å². The van der Waals surface area contributed by atoms with Gasteiger partial charge < -0.3 is 14.9 Å². The molecule has 3 aromatic rings. The second-order valence-electron chi connectivity index (χ2n) is 8.72. The lowest BCUT2D eigenvalue weighted by Crippen LogP contribution is -2.43. The van der Waals surface area contributed by atoms with Gasteiger partial charge in [0, 0.05) is 26.2 Å². The van der Waals surface area contributed by atoms with E-state index < -0.39 is 8.32 Å². The molecule has 0 bridgehead atoms. The van der Waals surface area contributed by atoms with Gasteiger partial charge in [0.25, 0.3) is 0 Å². The molecule has 150 valence electrons. The van der Waals surface area contributed by atoms with E-state index in [1.54, 1.807) is 35.4 Å². The average molecular weight is 400 g/mol.